The van der Waals surface area contributed by atoms with Crippen LogP contribution in [0, 0.1) is 6.92 Å². The number of esters is 1. The Morgan fingerprint density at radius 1 is 0.929 bits per heavy atom. The van der Waals surface area contributed by atoms with E-state index in [2.05, 4.69) is 20.4 Å². The van der Waals surface area contributed by atoms with E-state index in [-0.39, 0.29) is 11.9 Å². The molecule has 0 aliphatic heterocycles. The van der Waals surface area contributed by atoms with Gasteiger partial charge in [0.15, 0.2) is 0 Å². The number of methoxy groups -OCH3 is 1. The van der Waals surface area contributed by atoms with Gasteiger partial charge in [0.05, 0.1) is 31.0 Å². The summed E-state index contributed by atoms with van der Waals surface area (Å²) >= 11 is 0. The first-order valence-corrected chi connectivity index (χ1v) is 8.80. The standard InChI is InChI=1S/C22H21N3O3/c1-15-3-5-16(6-4-15)13-21(26)25-19-11-12-20(23-14-19)24-18-9-7-17(8-10-18)22(27)28-2/h3-12,14H,13H2,1-2H3,(H,23,24)(H,25,26). The molecule has 2 N–H and O–H groups in total. The van der Waals surface area contributed by atoms with Gasteiger partial charge in [-0.1, -0.05) is 29.8 Å². The van der Waals surface area contributed by atoms with E-state index in [1.54, 1.807) is 42.6 Å². The molecule has 3 aromatic rings. The van der Waals surface area contributed by atoms with Gasteiger partial charge in [-0.2, -0.15) is 0 Å². The highest BCUT2D eigenvalue weighted by Gasteiger charge is 2.06. The summed E-state index contributed by atoms with van der Waals surface area (Å²) in [6.45, 7) is 2.01. The van der Waals surface area contributed by atoms with Gasteiger partial charge in [-0.15, -0.1) is 0 Å². The van der Waals surface area contributed by atoms with E-state index in [1.807, 2.05) is 31.2 Å². The van der Waals surface area contributed by atoms with Crippen molar-refractivity contribution in [2.75, 3.05) is 17.7 Å². The van der Waals surface area contributed by atoms with Crippen molar-refractivity contribution in [3.63, 3.8) is 0 Å². The van der Waals surface area contributed by atoms with Crippen molar-refractivity contribution in [2.24, 2.45) is 0 Å². The van der Waals surface area contributed by atoms with Gasteiger partial charge < -0.3 is 15.4 Å². The van der Waals surface area contributed by atoms with Crippen LogP contribution in [-0.4, -0.2) is 24.0 Å². The van der Waals surface area contributed by atoms with Crippen molar-refractivity contribution in [3.05, 3.63) is 83.6 Å². The Morgan fingerprint density at radius 2 is 1.61 bits per heavy atom. The van der Waals surface area contributed by atoms with Crippen LogP contribution in [0.25, 0.3) is 0 Å². The molecule has 0 aliphatic carbocycles. The van der Waals surface area contributed by atoms with Gasteiger partial charge in [0.2, 0.25) is 5.91 Å². The number of nitrogens with zero attached hydrogens (tertiary/aromatic N) is 1. The number of carbonyl (C=O) groups excluding carboxylic acids is 2. The summed E-state index contributed by atoms with van der Waals surface area (Å²) in [5.74, 6) is 0.155. The Morgan fingerprint density at radius 3 is 2.21 bits per heavy atom. The SMILES string of the molecule is COC(=O)c1ccc(Nc2ccc(NC(=O)Cc3ccc(C)cc3)cn2)cc1. The molecule has 142 valence electrons. The highest BCUT2D eigenvalue weighted by atomic mass is 16.5. The fourth-order valence-corrected chi connectivity index (χ4v) is 2.59. The quantitative estimate of drug-likeness (QED) is 0.634. The number of aromatic nitrogens is 1. The molecule has 0 atom stereocenters. The van der Waals surface area contributed by atoms with Crippen molar-refractivity contribution < 1.29 is 14.3 Å². The molecule has 0 bridgehead atoms. The van der Waals surface area contributed by atoms with E-state index >= 15 is 0 Å². The van der Waals surface area contributed by atoms with E-state index < -0.39 is 0 Å². The van der Waals surface area contributed by atoms with Crippen LogP contribution in [-0.2, 0) is 16.0 Å². The second-order valence-electron chi connectivity index (χ2n) is 6.34. The maximum Gasteiger partial charge on any atom is 0.337 e. The first kappa shape index (κ1) is 19.1. The third-order valence-electron chi connectivity index (χ3n) is 4.11. The number of carbonyl (C=O) groups is 2. The minimum atomic E-state index is -0.379. The van der Waals surface area contributed by atoms with Crippen LogP contribution in [0.3, 0.4) is 0 Å². The molecule has 0 radical (unpaired) electrons. The zero-order valence-corrected chi connectivity index (χ0v) is 15.7. The number of anilines is 3. The van der Waals surface area contributed by atoms with Gasteiger partial charge >= 0.3 is 5.97 Å². The number of hydrogen-bond acceptors (Lipinski definition) is 5. The molecule has 0 saturated heterocycles. The smallest absolute Gasteiger partial charge is 0.337 e. The number of rotatable bonds is 6. The molecular weight excluding hydrogens is 354 g/mol. The number of hydrogen-bond donors (Lipinski definition) is 2. The molecule has 2 aromatic carbocycles. The van der Waals surface area contributed by atoms with Crippen molar-refractivity contribution in [1.82, 2.24) is 4.98 Å². The third-order valence-corrected chi connectivity index (χ3v) is 4.11. The Balaban J connectivity index is 1.56. The zero-order chi connectivity index (χ0) is 19.9. The van der Waals surface area contributed by atoms with Crippen LogP contribution in [0.2, 0.25) is 0 Å². The number of ether oxygens (including phenoxy) is 1. The Kier molecular flexibility index (Phi) is 6.01. The van der Waals surface area contributed by atoms with Gasteiger partial charge in [-0.25, -0.2) is 9.78 Å². The lowest BCUT2D eigenvalue weighted by molar-refractivity contribution is -0.115. The van der Waals surface area contributed by atoms with Crippen molar-refractivity contribution in [1.29, 1.82) is 0 Å². The van der Waals surface area contributed by atoms with Crippen LogP contribution in [0.5, 0.6) is 0 Å². The van der Waals surface area contributed by atoms with Gasteiger partial charge in [0.25, 0.3) is 0 Å². The van der Waals surface area contributed by atoms with Crippen LogP contribution in [0.4, 0.5) is 17.2 Å². The highest BCUT2D eigenvalue weighted by molar-refractivity contribution is 5.92. The summed E-state index contributed by atoms with van der Waals surface area (Å²) < 4.78 is 4.68. The van der Waals surface area contributed by atoms with E-state index in [1.165, 1.54) is 7.11 Å². The normalized spacial score (nSPS) is 10.2. The molecule has 3 rings (SSSR count). The van der Waals surface area contributed by atoms with E-state index in [9.17, 15) is 9.59 Å². The number of amides is 1. The minimum absolute atomic E-state index is 0.0928. The fraction of sp³-hybridized carbons (Fsp3) is 0.136. The summed E-state index contributed by atoms with van der Waals surface area (Å²) in [7, 11) is 1.35. The maximum atomic E-state index is 12.2. The lowest BCUT2D eigenvalue weighted by Gasteiger charge is -2.09. The van der Waals surface area contributed by atoms with Crippen molar-refractivity contribution in [2.45, 2.75) is 13.3 Å². The number of aryl methyl sites for hydroxylation is 1. The molecule has 6 nitrogen and oxygen atoms in total. The van der Waals surface area contributed by atoms with E-state index in [0.29, 0.717) is 23.5 Å². The average Bonchev–Trinajstić information content (AvgIpc) is 2.71. The first-order chi connectivity index (χ1) is 13.5. The lowest BCUT2D eigenvalue weighted by Crippen LogP contribution is -2.14. The van der Waals surface area contributed by atoms with Gasteiger partial charge in [0.1, 0.15) is 5.82 Å². The van der Waals surface area contributed by atoms with Crippen LogP contribution in [0.15, 0.2) is 66.9 Å². The molecule has 0 unspecified atom stereocenters. The second kappa shape index (κ2) is 8.81. The molecule has 0 saturated carbocycles. The molecule has 0 fully saturated rings. The monoisotopic (exact) mass is 375 g/mol. The van der Waals surface area contributed by atoms with Crippen LogP contribution >= 0.6 is 0 Å². The minimum Gasteiger partial charge on any atom is -0.465 e. The zero-order valence-electron chi connectivity index (χ0n) is 15.7. The van der Waals surface area contributed by atoms with E-state index in [0.717, 1.165) is 16.8 Å². The van der Waals surface area contributed by atoms with Crippen molar-refractivity contribution in [3.8, 4) is 0 Å². The van der Waals surface area contributed by atoms with Crippen LogP contribution in [0.1, 0.15) is 21.5 Å². The summed E-state index contributed by atoms with van der Waals surface area (Å²) in [4.78, 5) is 27.9. The lowest BCUT2D eigenvalue weighted by atomic mass is 10.1. The molecule has 0 spiro atoms. The Hall–Kier alpha value is -3.67. The van der Waals surface area contributed by atoms with Gasteiger partial charge in [0, 0.05) is 5.69 Å². The largest absolute Gasteiger partial charge is 0.465 e. The summed E-state index contributed by atoms with van der Waals surface area (Å²) in [5, 5.41) is 5.98. The highest BCUT2D eigenvalue weighted by Crippen LogP contribution is 2.17. The molecule has 1 aromatic heterocycles. The number of nitrogens with one attached hydrogen (secondary N) is 2. The Bertz CT molecular complexity index is 950. The molecule has 28 heavy (non-hydrogen) atoms. The summed E-state index contributed by atoms with van der Waals surface area (Å²) in [5.41, 5.74) is 4.02. The molecule has 1 heterocycles. The Labute approximate surface area is 163 Å². The molecule has 0 aliphatic rings. The van der Waals surface area contributed by atoms with Gasteiger partial charge in [-0.05, 0) is 48.9 Å². The fourth-order valence-electron chi connectivity index (χ4n) is 2.59. The van der Waals surface area contributed by atoms with Crippen LogP contribution < -0.4 is 10.6 Å². The summed E-state index contributed by atoms with van der Waals surface area (Å²) in [6, 6.07) is 18.3. The predicted octanol–water partition coefficient (Wildman–Crippen LogP) is 4.10. The summed E-state index contributed by atoms with van der Waals surface area (Å²) in [6.07, 6.45) is 1.91. The predicted molar refractivity (Wildman–Crippen MR) is 109 cm³/mol. The van der Waals surface area contributed by atoms with Gasteiger partial charge in [-0.3, -0.25) is 4.79 Å². The third kappa shape index (κ3) is 5.17. The molecular formula is C22H21N3O3. The average molecular weight is 375 g/mol. The maximum absolute atomic E-state index is 12.2. The molecule has 1 amide bonds. The topological polar surface area (TPSA) is 80.3 Å². The number of pyridine rings is 1. The van der Waals surface area contributed by atoms with E-state index in [4.69, 9.17) is 0 Å². The molecule has 6 heteroatoms. The number of benzene rings is 2. The second-order valence-corrected chi connectivity index (χ2v) is 6.34. The first-order valence-electron chi connectivity index (χ1n) is 8.80. The van der Waals surface area contributed by atoms with Crippen molar-refractivity contribution >= 4 is 29.1 Å².